The van der Waals surface area contributed by atoms with Crippen molar-refractivity contribution in [2.45, 2.75) is 33.7 Å². The number of carboxylic acids is 1. The van der Waals surface area contributed by atoms with Crippen molar-refractivity contribution >= 4 is 28.5 Å². The summed E-state index contributed by atoms with van der Waals surface area (Å²) in [4.78, 5) is 23.5. The van der Waals surface area contributed by atoms with Gasteiger partial charge in [0, 0.05) is 17.8 Å². The molecule has 0 aliphatic rings. The second-order valence-electron chi connectivity index (χ2n) is 4.80. The van der Waals surface area contributed by atoms with Crippen molar-refractivity contribution in [3.8, 4) is 0 Å². The molecule has 0 atom stereocenters. The van der Waals surface area contributed by atoms with Crippen molar-refractivity contribution in [2.75, 3.05) is 0 Å². The Kier molecular flexibility index (Phi) is 3.86. The van der Waals surface area contributed by atoms with Crippen molar-refractivity contribution in [1.29, 1.82) is 0 Å². The van der Waals surface area contributed by atoms with Gasteiger partial charge < -0.3 is 9.67 Å². The van der Waals surface area contributed by atoms with Crippen molar-refractivity contribution in [2.24, 2.45) is 0 Å². The molecule has 1 aromatic heterocycles. The first-order chi connectivity index (χ1) is 9.38. The average Bonchev–Trinajstić information content (AvgIpc) is 2.38. The number of carboxylic acid groups (broad SMARTS) is 1. The summed E-state index contributed by atoms with van der Waals surface area (Å²) in [5.74, 6) is -1.02. The Balaban J connectivity index is 3.03. The fourth-order valence-electron chi connectivity index (χ4n) is 2.64. The number of nitrogens with zero attached hydrogens (tertiary/aromatic N) is 1. The van der Waals surface area contributed by atoms with E-state index in [1.165, 1.54) is 0 Å². The topological polar surface area (TPSA) is 59.3 Å². The molecule has 1 aromatic carbocycles. The average molecular weight is 294 g/mol. The van der Waals surface area contributed by atoms with Gasteiger partial charge in [0.05, 0.1) is 22.3 Å². The lowest BCUT2D eigenvalue weighted by atomic mass is 10.0. The number of aliphatic carboxylic acids is 1. The van der Waals surface area contributed by atoms with Crippen molar-refractivity contribution in [3.63, 3.8) is 0 Å². The maximum absolute atomic E-state index is 12.6. The summed E-state index contributed by atoms with van der Waals surface area (Å²) in [5, 5.41) is 9.77. The first kappa shape index (κ1) is 14.6. The number of fused-ring (bicyclic) bond motifs is 1. The van der Waals surface area contributed by atoms with Crippen LogP contribution in [-0.4, -0.2) is 15.6 Å². The molecular weight excluding hydrogens is 278 g/mol. The number of pyridine rings is 1. The van der Waals surface area contributed by atoms with Crippen LogP contribution in [0.2, 0.25) is 5.02 Å². The van der Waals surface area contributed by atoms with Crippen LogP contribution in [0.1, 0.15) is 23.7 Å². The molecule has 0 fully saturated rings. The predicted molar refractivity (Wildman–Crippen MR) is 79.7 cm³/mol. The standard InChI is InChI=1S/C15H16ClNO3/c1-4-17-9(3)10(7-12(18)19)15(20)13-11(16)6-5-8(2)14(13)17/h5-6H,4,7H2,1-3H3,(H,18,19). The highest BCUT2D eigenvalue weighted by Crippen LogP contribution is 2.26. The van der Waals surface area contributed by atoms with E-state index in [9.17, 15) is 9.59 Å². The van der Waals surface area contributed by atoms with Crippen LogP contribution in [0.5, 0.6) is 0 Å². The van der Waals surface area contributed by atoms with E-state index in [1.807, 2.05) is 24.5 Å². The van der Waals surface area contributed by atoms with Crippen LogP contribution in [0.15, 0.2) is 16.9 Å². The summed E-state index contributed by atoms with van der Waals surface area (Å²) in [5.41, 5.74) is 2.46. The maximum Gasteiger partial charge on any atom is 0.308 e. The third-order valence-electron chi connectivity index (χ3n) is 3.59. The van der Waals surface area contributed by atoms with Crippen LogP contribution < -0.4 is 5.43 Å². The van der Waals surface area contributed by atoms with E-state index in [0.29, 0.717) is 28.2 Å². The lowest BCUT2D eigenvalue weighted by Crippen LogP contribution is -2.22. The van der Waals surface area contributed by atoms with Crippen molar-refractivity contribution in [3.05, 3.63) is 44.2 Å². The minimum Gasteiger partial charge on any atom is -0.481 e. The van der Waals surface area contributed by atoms with Crippen LogP contribution >= 0.6 is 11.6 Å². The van der Waals surface area contributed by atoms with Crippen LogP contribution in [0, 0.1) is 13.8 Å². The Bertz CT molecular complexity index is 762. The smallest absolute Gasteiger partial charge is 0.308 e. The van der Waals surface area contributed by atoms with Crippen LogP contribution in [0.3, 0.4) is 0 Å². The van der Waals surface area contributed by atoms with E-state index in [2.05, 4.69) is 0 Å². The minimum atomic E-state index is -1.02. The molecule has 0 unspecified atom stereocenters. The van der Waals surface area contributed by atoms with Gasteiger partial charge in [0.15, 0.2) is 5.43 Å². The normalized spacial score (nSPS) is 11.0. The van der Waals surface area contributed by atoms with E-state index in [-0.39, 0.29) is 11.8 Å². The zero-order valence-electron chi connectivity index (χ0n) is 11.7. The van der Waals surface area contributed by atoms with Crippen LogP contribution in [-0.2, 0) is 17.8 Å². The Labute approximate surface area is 121 Å². The molecule has 5 heteroatoms. The molecule has 0 spiro atoms. The Morgan fingerprint density at radius 1 is 1.35 bits per heavy atom. The molecule has 2 rings (SSSR count). The number of rotatable bonds is 3. The second kappa shape index (κ2) is 5.29. The van der Waals surface area contributed by atoms with E-state index < -0.39 is 5.97 Å². The highest BCUT2D eigenvalue weighted by molar-refractivity contribution is 6.35. The van der Waals surface area contributed by atoms with Gasteiger partial charge in [-0.25, -0.2) is 0 Å². The molecule has 0 radical (unpaired) electrons. The van der Waals surface area contributed by atoms with Crippen molar-refractivity contribution < 1.29 is 9.90 Å². The SMILES string of the molecule is CCn1c(C)c(CC(=O)O)c(=O)c2c(Cl)ccc(C)c21. The molecule has 0 saturated heterocycles. The van der Waals surface area contributed by atoms with Crippen LogP contribution in [0.25, 0.3) is 10.9 Å². The number of halogens is 1. The summed E-state index contributed by atoms with van der Waals surface area (Å²) in [6, 6.07) is 3.55. The third-order valence-corrected chi connectivity index (χ3v) is 3.90. The molecule has 1 N–H and O–H groups in total. The molecule has 0 amide bonds. The Morgan fingerprint density at radius 2 is 2.00 bits per heavy atom. The number of carbonyl (C=O) groups is 1. The number of hydrogen-bond donors (Lipinski definition) is 1. The van der Waals surface area contributed by atoms with Gasteiger partial charge in [0.1, 0.15) is 0 Å². The van der Waals surface area contributed by atoms with E-state index in [1.54, 1.807) is 13.0 Å². The summed E-state index contributed by atoms with van der Waals surface area (Å²) in [6.45, 7) is 6.31. The molecule has 4 nitrogen and oxygen atoms in total. The van der Waals surface area contributed by atoms with Gasteiger partial charge in [0.25, 0.3) is 0 Å². The van der Waals surface area contributed by atoms with Crippen molar-refractivity contribution in [1.82, 2.24) is 4.57 Å². The summed E-state index contributed by atoms with van der Waals surface area (Å²) in [6.07, 6.45) is -0.287. The fraction of sp³-hybridized carbons (Fsp3) is 0.333. The molecule has 0 bridgehead atoms. The monoisotopic (exact) mass is 293 g/mol. The Hall–Kier alpha value is -1.81. The zero-order valence-corrected chi connectivity index (χ0v) is 12.4. The van der Waals surface area contributed by atoms with Gasteiger partial charge in [0.2, 0.25) is 0 Å². The number of aromatic nitrogens is 1. The Morgan fingerprint density at radius 3 is 2.55 bits per heavy atom. The molecular formula is C15H16ClNO3. The summed E-state index contributed by atoms with van der Waals surface area (Å²) < 4.78 is 1.95. The quantitative estimate of drug-likeness (QED) is 0.946. The second-order valence-corrected chi connectivity index (χ2v) is 5.20. The van der Waals surface area contributed by atoms with Crippen LogP contribution in [0.4, 0.5) is 0 Å². The molecule has 2 aromatic rings. The van der Waals surface area contributed by atoms with Gasteiger partial charge in [-0.05, 0) is 32.4 Å². The zero-order chi connectivity index (χ0) is 15.0. The molecule has 0 saturated carbocycles. The van der Waals surface area contributed by atoms with Gasteiger partial charge in [-0.2, -0.15) is 0 Å². The third kappa shape index (κ3) is 2.20. The first-order valence-electron chi connectivity index (χ1n) is 6.41. The number of aryl methyl sites for hydroxylation is 2. The van der Waals surface area contributed by atoms with Gasteiger partial charge in [-0.1, -0.05) is 17.7 Å². The molecule has 1 heterocycles. The number of hydrogen-bond acceptors (Lipinski definition) is 2. The maximum atomic E-state index is 12.6. The molecule has 20 heavy (non-hydrogen) atoms. The summed E-state index contributed by atoms with van der Waals surface area (Å²) in [7, 11) is 0. The van der Waals surface area contributed by atoms with Gasteiger partial charge >= 0.3 is 5.97 Å². The lowest BCUT2D eigenvalue weighted by molar-refractivity contribution is -0.136. The highest BCUT2D eigenvalue weighted by Gasteiger charge is 2.18. The molecule has 106 valence electrons. The fourth-order valence-corrected chi connectivity index (χ4v) is 2.87. The largest absolute Gasteiger partial charge is 0.481 e. The minimum absolute atomic E-state index is 0.279. The lowest BCUT2D eigenvalue weighted by Gasteiger charge is -2.18. The molecule has 0 aliphatic carbocycles. The summed E-state index contributed by atoms with van der Waals surface area (Å²) >= 11 is 6.16. The highest BCUT2D eigenvalue weighted by atomic mass is 35.5. The first-order valence-corrected chi connectivity index (χ1v) is 6.79. The van der Waals surface area contributed by atoms with E-state index in [4.69, 9.17) is 16.7 Å². The predicted octanol–water partition coefficient (Wildman–Crippen LogP) is 2.92. The van der Waals surface area contributed by atoms with E-state index in [0.717, 1.165) is 11.1 Å². The van der Waals surface area contributed by atoms with Gasteiger partial charge in [-0.3, -0.25) is 9.59 Å². The van der Waals surface area contributed by atoms with Gasteiger partial charge in [-0.15, -0.1) is 0 Å². The molecule has 0 aliphatic heterocycles. The number of benzene rings is 1. The van der Waals surface area contributed by atoms with E-state index >= 15 is 0 Å².